The van der Waals surface area contributed by atoms with Crippen LogP contribution in [0.1, 0.15) is 64.7 Å². The quantitative estimate of drug-likeness (QED) is 0.804. The van der Waals surface area contributed by atoms with E-state index in [9.17, 15) is 14.7 Å². The molecular weight excluding hydrogens is 306 g/mol. The minimum Gasteiger partial charge on any atom is -0.481 e. The van der Waals surface area contributed by atoms with Gasteiger partial charge in [0.05, 0.1) is 12.0 Å². The molecule has 2 heterocycles. The van der Waals surface area contributed by atoms with Gasteiger partial charge >= 0.3 is 5.97 Å². The number of carbonyl (C=O) groups excluding carboxylic acids is 1. The number of piperidine rings is 1. The van der Waals surface area contributed by atoms with E-state index in [1.54, 1.807) is 0 Å². The molecule has 3 rings (SSSR count). The molecule has 1 saturated carbocycles. The highest BCUT2D eigenvalue weighted by Crippen LogP contribution is 2.38. The number of hydrogen-bond donors (Lipinski definition) is 1. The monoisotopic (exact) mass is 337 g/mol. The van der Waals surface area contributed by atoms with Crippen LogP contribution in [-0.2, 0) is 14.3 Å². The van der Waals surface area contributed by atoms with Crippen molar-refractivity contribution in [2.45, 2.75) is 70.8 Å². The number of aliphatic carboxylic acids is 1. The average molecular weight is 337 g/mol. The minimum absolute atomic E-state index is 0.159. The van der Waals surface area contributed by atoms with Gasteiger partial charge in [0.2, 0.25) is 5.91 Å². The van der Waals surface area contributed by atoms with Gasteiger partial charge in [-0.25, -0.2) is 0 Å². The molecule has 0 aromatic heterocycles. The molecule has 1 amide bonds. The van der Waals surface area contributed by atoms with Crippen LogP contribution in [-0.4, -0.2) is 47.7 Å². The van der Waals surface area contributed by atoms with Gasteiger partial charge in [-0.2, -0.15) is 0 Å². The van der Waals surface area contributed by atoms with E-state index in [-0.39, 0.29) is 23.4 Å². The van der Waals surface area contributed by atoms with Crippen LogP contribution in [0.4, 0.5) is 0 Å². The van der Waals surface area contributed by atoms with Crippen molar-refractivity contribution in [3.05, 3.63) is 0 Å². The Hall–Kier alpha value is -1.10. The molecule has 5 heteroatoms. The summed E-state index contributed by atoms with van der Waals surface area (Å²) in [7, 11) is 0. The first-order chi connectivity index (χ1) is 11.5. The third-order valence-corrected chi connectivity index (χ3v) is 6.47. The summed E-state index contributed by atoms with van der Waals surface area (Å²) in [5, 5.41) is 9.34. The molecule has 0 aromatic rings. The highest BCUT2D eigenvalue weighted by molar-refractivity contribution is 5.82. The molecule has 2 atom stereocenters. The zero-order valence-electron chi connectivity index (χ0n) is 14.8. The summed E-state index contributed by atoms with van der Waals surface area (Å²) < 4.78 is 5.73. The van der Waals surface area contributed by atoms with Crippen LogP contribution < -0.4 is 0 Å². The second kappa shape index (κ2) is 7.42. The van der Waals surface area contributed by atoms with E-state index in [1.807, 2.05) is 4.90 Å². The summed E-state index contributed by atoms with van der Waals surface area (Å²) in [4.78, 5) is 26.4. The zero-order chi connectivity index (χ0) is 17.2. The van der Waals surface area contributed by atoms with Crippen LogP contribution in [0.2, 0.25) is 0 Å². The van der Waals surface area contributed by atoms with E-state index in [1.165, 1.54) is 12.8 Å². The maximum Gasteiger partial charge on any atom is 0.309 e. The molecule has 2 saturated heterocycles. The van der Waals surface area contributed by atoms with Gasteiger partial charge in [0, 0.05) is 25.1 Å². The first-order valence-electron chi connectivity index (χ1n) is 9.65. The van der Waals surface area contributed by atoms with Gasteiger partial charge in [0.1, 0.15) is 0 Å². The van der Waals surface area contributed by atoms with Crippen LogP contribution in [0, 0.1) is 17.3 Å². The van der Waals surface area contributed by atoms with Gasteiger partial charge in [0.15, 0.2) is 0 Å². The number of carbonyl (C=O) groups is 2. The topological polar surface area (TPSA) is 66.8 Å². The molecule has 24 heavy (non-hydrogen) atoms. The minimum atomic E-state index is -0.734. The standard InChI is InChI=1S/C19H31NO4/c1-19(9-4-2-3-5-10-19)18(23)20-11-6-14(7-12-20)16-15(17(21)22)8-13-24-16/h14-16H,2-13H2,1H3,(H,21,22)/t15?,16-/m0/s1. The summed E-state index contributed by atoms with van der Waals surface area (Å²) in [6, 6.07) is 0. The predicted octanol–water partition coefficient (Wildman–Crippen LogP) is 3.08. The van der Waals surface area contributed by atoms with E-state index in [0.717, 1.165) is 51.6 Å². The highest BCUT2D eigenvalue weighted by atomic mass is 16.5. The molecule has 0 spiro atoms. The molecule has 1 aliphatic carbocycles. The molecular formula is C19H31NO4. The Bertz CT molecular complexity index is 462. The fourth-order valence-electron chi connectivity index (χ4n) is 4.88. The number of likely N-dealkylation sites (tertiary alicyclic amines) is 1. The van der Waals surface area contributed by atoms with Gasteiger partial charge < -0.3 is 14.7 Å². The SMILES string of the molecule is CC1(C(=O)N2CCC([C@@H]3OCCC3C(=O)O)CC2)CCCCCC1. The molecule has 136 valence electrons. The number of ether oxygens (including phenoxy) is 1. The summed E-state index contributed by atoms with van der Waals surface area (Å²) in [6.45, 7) is 4.21. The number of carboxylic acid groups (broad SMARTS) is 1. The molecule has 1 N–H and O–H groups in total. The Morgan fingerprint density at radius 2 is 1.67 bits per heavy atom. The average Bonchev–Trinajstić information content (AvgIpc) is 2.97. The Labute approximate surface area is 144 Å². The van der Waals surface area contributed by atoms with Gasteiger partial charge in [-0.3, -0.25) is 9.59 Å². The van der Waals surface area contributed by atoms with Crippen molar-refractivity contribution in [3.8, 4) is 0 Å². The first-order valence-corrected chi connectivity index (χ1v) is 9.65. The largest absolute Gasteiger partial charge is 0.481 e. The first kappa shape index (κ1) is 17.7. The van der Waals surface area contributed by atoms with E-state index in [0.29, 0.717) is 18.9 Å². The van der Waals surface area contributed by atoms with Crippen LogP contribution in [0.25, 0.3) is 0 Å². The van der Waals surface area contributed by atoms with E-state index in [2.05, 4.69) is 6.92 Å². The Morgan fingerprint density at radius 1 is 1.04 bits per heavy atom. The third kappa shape index (κ3) is 3.61. The lowest BCUT2D eigenvalue weighted by Gasteiger charge is -2.40. The van der Waals surface area contributed by atoms with Crippen molar-refractivity contribution in [1.29, 1.82) is 0 Å². The van der Waals surface area contributed by atoms with E-state index < -0.39 is 5.97 Å². The van der Waals surface area contributed by atoms with Crippen molar-refractivity contribution < 1.29 is 19.4 Å². The van der Waals surface area contributed by atoms with E-state index in [4.69, 9.17) is 4.74 Å². The van der Waals surface area contributed by atoms with Crippen molar-refractivity contribution in [1.82, 2.24) is 4.90 Å². The molecule has 5 nitrogen and oxygen atoms in total. The van der Waals surface area contributed by atoms with Gasteiger partial charge in [-0.1, -0.05) is 32.6 Å². The summed E-state index contributed by atoms with van der Waals surface area (Å²) in [6.07, 6.45) is 9.06. The number of nitrogens with zero attached hydrogens (tertiary/aromatic N) is 1. The lowest BCUT2D eigenvalue weighted by Crippen LogP contribution is -2.48. The van der Waals surface area contributed by atoms with E-state index >= 15 is 0 Å². The lowest BCUT2D eigenvalue weighted by atomic mass is 9.79. The van der Waals surface area contributed by atoms with Crippen molar-refractivity contribution >= 4 is 11.9 Å². The molecule has 0 radical (unpaired) electrons. The Kier molecular flexibility index (Phi) is 5.48. The van der Waals surface area contributed by atoms with Crippen LogP contribution in [0.5, 0.6) is 0 Å². The number of carboxylic acids is 1. The van der Waals surface area contributed by atoms with Crippen LogP contribution >= 0.6 is 0 Å². The molecule has 0 aromatic carbocycles. The van der Waals surface area contributed by atoms with Crippen molar-refractivity contribution in [2.75, 3.05) is 19.7 Å². The Balaban J connectivity index is 1.56. The Morgan fingerprint density at radius 3 is 2.25 bits per heavy atom. The predicted molar refractivity (Wildman–Crippen MR) is 90.6 cm³/mol. The maximum atomic E-state index is 13.0. The van der Waals surface area contributed by atoms with Crippen molar-refractivity contribution in [2.24, 2.45) is 17.3 Å². The fraction of sp³-hybridized carbons (Fsp3) is 0.895. The number of rotatable bonds is 3. The van der Waals surface area contributed by atoms with Crippen molar-refractivity contribution in [3.63, 3.8) is 0 Å². The smallest absolute Gasteiger partial charge is 0.309 e. The fourth-order valence-corrected chi connectivity index (χ4v) is 4.88. The lowest BCUT2D eigenvalue weighted by molar-refractivity contribution is -0.148. The molecule has 3 fully saturated rings. The second-order valence-electron chi connectivity index (χ2n) is 8.17. The van der Waals surface area contributed by atoms with Gasteiger partial charge in [-0.15, -0.1) is 0 Å². The summed E-state index contributed by atoms with van der Waals surface area (Å²) >= 11 is 0. The summed E-state index contributed by atoms with van der Waals surface area (Å²) in [5.74, 6) is -0.497. The molecule has 2 aliphatic heterocycles. The molecule has 0 bridgehead atoms. The number of amides is 1. The second-order valence-corrected chi connectivity index (χ2v) is 8.17. The van der Waals surface area contributed by atoms with Crippen LogP contribution in [0.15, 0.2) is 0 Å². The van der Waals surface area contributed by atoms with Gasteiger partial charge in [0.25, 0.3) is 0 Å². The molecule has 1 unspecified atom stereocenters. The maximum absolute atomic E-state index is 13.0. The zero-order valence-corrected chi connectivity index (χ0v) is 14.8. The normalized spacial score (nSPS) is 31.6. The third-order valence-electron chi connectivity index (χ3n) is 6.47. The van der Waals surface area contributed by atoms with Gasteiger partial charge in [-0.05, 0) is 38.0 Å². The van der Waals surface area contributed by atoms with Crippen LogP contribution in [0.3, 0.4) is 0 Å². The molecule has 3 aliphatic rings. The number of hydrogen-bond acceptors (Lipinski definition) is 3. The summed E-state index contributed by atoms with van der Waals surface area (Å²) in [5.41, 5.74) is -0.184. The highest BCUT2D eigenvalue weighted by Gasteiger charge is 2.43.